The molecule has 0 aromatic rings. The number of carbonyl (C=O) groups excluding carboxylic acids is 1. The van der Waals surface area contributed by atoms with Crippen molar-refractivity contribution >= 4 is 5.97 Å². The minimum absolute atomic E-state index is 0.182. The Morgan fingerprint density at radius 3 is 2.30 bits per heavy atom. The summed E-state index contributed by atoms with van der Waals surface area (Å²) < 4.78 is 37.7. The molecule has 0 aromatic heterocycles. The number of ether oxygens (including phenoxy) is 1. The zero-order valence-corrected chi connectivity index (χ0v) is 5.36. The molecule has 0 spiro atoms. The highest BCUT2D eigenvalue weighted by Gasteiger charge is 2.40. The predicted molar refractivity (Wildman–Crippen MR) is 27.3 cm³/mol. The van der Waals surface area contributed by atoms with Gasteiger partial charge in [-0.05, 0) is 6.42 Å². The number of carbonyl (C=O) groups is 1. The van der Waals surface area contributed by atoms with E-state index in [0.717, 1.165) is 0 Å². The molecule has 0 saturated carbocycles. The Hall–Kier alpha value is -0.740. The van der Waals surface area contributed by atoms with Gasteiger partial charge in [0.25, 0.3) is 0 Å². The van der Waals surface area contributed by atoms with Crippen LogP contribution in [0.1, 0.15) is 13.3 Å². The largest absolute Gasteiger partial charge is 0.490 e. The van der Waals surface area contributed by atoms with Gasteiger partial charge in [0, 0.05) is 0 Å². The Bertz CT molecular complexity index is 119. The number of alkyl halides is 3. The smallest absolute Gasteiger partial charge is 0.459 e. The average Bonchev–Trinajstić information content (AvgIpc) is 1.80. The standard InChI is InChI=1S/C5H7F3O2/c1-2-3-10-4(9)5(6,7)8/h2-3H2,1H3. The number of hydrogen-bond donors (Lipinski definition) is 0. The van der Waals surface area contributed by atoms with E-state index in [0.29, 0.717) is 6.42 Å². The Morgan fingerprint density at radius 1 is 1.50 bits per heavy atom. The third-order valence-corrected chi connectivity index (χ3v) is 0.669. The average molecular weight is 156 g/mol. The van der Waals surface area contributed by atoms with E-state index in [1.54, 1.807) is 6.92 Å². The van der Waals surface area contributed by atoms with E-state index in [1.807, 2.05) is 0 Å². The van der Waals surface area contributed by atoms with Crippen molar-refractivity contribution in [2.24, 2.45) is 0 Å². The molecule has 0 aliphatic rings. The van der Waals surface area contributed by atoms with E-state index in [1.165, 1.54) is 0 Å². The molecule has 0 radical (unpaired) electrons. The maximum absolute atomic E-state index is 11.3. The molecule has 0 aromatic carbocycles. The third-order valence-electron chi connectivity index (χ3n) is 0.669. The van der Waals surface area contributed by atoms with Crippen molar-refractivity contribution in [3.05, 3.63) is 0 Å². The molecule has 0 heterocycles. The summed E-state index contributed by atoms with van der Waals surface area (Å²) in [6, 6.07) is 0. The number of halogens is 3. The fourth-order valence-electron chi connectivity index (χ4n) is 0.277. The molecule has 60 valence electrons. The van der Waals surface area contributed by atoms with Crippen molar-refractivity contribution < 1.29 is 22.7 Å². The van der Waals surface area contributed by atoms with Crippen molar-refractivity contribution in [1.29, 1.82) is 0 Å². The van der Waals surface area contributed by atoms with Crippen LogP contribution >= 0.6 is 0 Å². The topological polar surface area (TPSA) is 26.3 Å². The summed E-state index contributed by atoms with van der Waals surface area (Å²) in [6.45, 7) is 1.43. The van der Waals surface area contributed by atoms with Crippen LogP contribution in [0.4, 0.5) is 13.2 Å². The molecule has 0 aliphatic carbocycles. The van der Waals surface area contributed by atoms with Crippen LogP contribution in [-0.2, 0) is 9.53 Å². The van der Waals surface area contributed by atoms with Crippen LogP contribution < -0.4 is 0 Å². The lowest BCUT2D eigenvalue weighted by molar-refractivity contribution is -0.199. The maximum Gasteiger partial charge on any atom is 0.490 e. The molecule has 0 N–H and O–H groups in total. The molecule has 0 bridgehead atoms. The Balaban J connectivity index is 3.64. The first-order valence-electron chi connectivity index (χ1n) is 2.72. The van der Waals surface area contributed by atoms with Gasteiger partial charge in [0.15, 0.2) is 0 Å². The van der Waals surface area contributed by atoms with Crippen LogP contribution in [0, 0.1) is 0 Å². The van der Waals surface area contributed by atoms with Crippen molar-refractivity contribution in [3.63, 3.8) is 0 Å². The van der Waals surface area contributed by atoms with Crippen LogP contribution in [0.5, 0.6) is 0 Å². The molecule has 10 heavy (non-hydrogen) atoms. The summed E-state index contributed by atoms with van der Waals surface area (Å²) in [5, 5.41) is 0. The van der Waals surface area contributed by atoms with E-state index in [2.05, 4.69) is 4.74 Å². The fourth-order valence-corrected chi connectivity index (χ4v) is 0.277. The predicted octanol–water partition coefficient (Wildman–Crippen LogP) is 1.50. The molecular weight excluding hydrogens is 149 g/mol. The number of rotatable bonds is 2. The Morgan fingerprint density at radius 2 is 2.00 bits per heavy atom. The van der Waals surface area contributed by atoms with E-state index >= 15 is 0 Å². The molecule has 0 saturated heterocycles. The van der Waals surface area contributed by atoms with Gasteiger partial charge in [-0.2, -0.15) is 13.2 Å². The van der Waals surface area contributed by atoms with Crippen molar-refractivity contribution in [1.82, 2.24) is 0 Å². The zero-order chi connectivity index (χ0) is 8.20. The quantitative estimate of drug-likeness (QED) is 0.566. The highest BCUT2D eigenvalue weighted by atomic mass is 19.4. The monoisotopic (exact) mass is 156 g/mol. The summed E-state index contributed by atoms with van der Waals surface area (Å²) >= 11 is 0. The van der Waals surface area contributed by atoms with Gasteiger partial charge < -0.3 is 4.74 Å². The summed E-state index contributed by atoms with van der Waals surface area (Å²) in [4.78, 5) is 9.88. The molecule has 0 rings (SSSR count). The minimum atomic E-state index is -4.85. The molecule has 0 atom stereocenters. The van der Waals surface area contributed by atoms with Crippen LogP contribution in [-0.4, -0.2) is 18.8 Å². The van der Waals surface area contributed by atoms with Crippen LogP contribution in [0.2, 0.25) is 0 Å². The lowest BCUT2D eigenvalue weighted by atomic mass is 10.5. The molecule has 0 unspecified atom stereocenters. The third kappa shape index (κ3) is 3.32. The SMILES string of the molecule is CCCOC(=O)C(F)(F)F. The molecular formula is C5H7F3O2. The first-order valence-corrected chi connectivity index (χ1v) is 2.72. The van der Waals surface area contributed by atoms with E-state index < -0.39 is 12.1 Å². The van der Waals surface area contributed by atoms with Gasteiger partial charge in [-0.1, -0.05) is 6.92 Å². The molecule has 0 fully saturated rings. The highest BCUT2D eigenvalue weighted by Crippen LogP contribution is 2.16. The molecule has 0 aliphatic heterocycles. The number of hydrogen-bond acceptors (Lipinski definition) is 2. The molecule has 2 nitrogen and oxygen atoms in total. The van der Waals surface area contributed by atoms with E-state index in [-0.39, 0.29) is 6.61 Å². The second kappa shape index (κ2) is 3.43. The van der Waals surface area contributed by atoms with Crippen LogP contribution in [0.15, 0.2) is 0 Å². The highest BCUT2D eigenvalue weighted by molar-refractivity contribution is 5.75. The molecule has 5 heteroatoms. The zero-order valence-electron chi connectivity index (χ0n) is 5.36. The Labute approximate surface area is 56.0 Å². The summed E-state index contributed by atoms with van der Waals surface area (Å²) in [5.74, 6) is -2.12. The van der Waals surface area contributed by atoms with Gasteiger partial charge >= 0.3 is 12.1 Å². The minimum Gasteiger partial charge on any atom is -0.459 e. The van der Waals surface area contributed by atoms with Gasteiger partial charge in [0.05, 0.1) is 6.61 Å². The second-order valence-electron chi connectivity index (χ2n) is 1.63. The van der Waals surface area contributed by atoms with E-state index in [4.69, 9.17) is 0 Å². The van der Waals surface area contributed by atoms with E-state index in [9.17, 15) is 18.0 Å². The van der Waals surface area contributed by atoms with Crippen molar-refractivity contribution in [2.45, 2.75) is 19.5 Å². The fraction of sp³-hybridized carbons (Fsp3) is 0.800. The van der Waals surface area contributed by atoms with Gasteiger partial charge in [0.2, 0.25) is 0 Å². The second-order valence-corrected chi connectivity index (χ2v) is 1.63. The van der Waals surface area contributed by atoms with Gasteiger partial charge in [-0.15, -0.1) is 0 Å². The van der Waals surface area contributed by atoms with Crippen LogP contribution in [0.3, 0.4) is 0 Å². The van der Waals surface area contributed by atoms with Crippen molar-refractivity contribution in [3.8, 4) is 0 Å². The maximum atomic E-state index is 11.3. The van der Waals surface area contributed by atoms with Crippen molar-refractivity contribution in [2.75, 3.05) is 6.61 Å². The van der Waals surface area contributed by atoms with Gasteiger partial charge in [0.1, 0.15) is 0 Å². The normalized spacial score (nSPS) is 11.2. The lowest BCUT2D eigenvalue weighted by Gasteiger charge is -2.04. The van der Waals surface area contributed by atoms with Crippen LogP contribution in [0.25, 0.3) is 0 Å². The molecule has 0 amide bonds. The van der Waals surface area contributed by atoms with Gasteiger partial charge in [-0.25, -0.2) is 4.79 Å². The lowest BCUT2D eigenvalue weighted by Crippen LogP contribution is -2.25. The summed E-state index contributed by atoms with van der Waals surface area (Å²) in [6.07, 6.45) is -4.46. The summed E-state index contributed by atoms with van der Waals surface area (Å²) in [5.41, 5.74) is 0. The first-order chi connectivity index (χ1) is 4.48. The Kier molecular flexibility index (Phi) is 3.18. The number of esters is 1. The first kappa shape index (κ1) is 9.26. The van der Waals surface area contributed by atoms with Gasteiger partial charge in [-0.3, -0.25) is 0 Å². The summed E-state index contributed by atoms with van der Waals surface area (Å²) in [7, 11) is 0.